The lowest BCUT2D eigenvalue weighted by Gasteiger charge is -2.27. The second-order valence-corrected chi connectivity index (χ2v) is 6.01. The van der Waals surface area contributed by atoms with Crippen LogP contribution in [0, 0.1) is 0 Å². The van der Waals surface area contributed by atoms with Gasteiger partial charge in [0.1, 0.15) is 0 Å². The lowest BCUT2D eigenvalue weighted by molar-refractivity contribution is 0.248. The molecule has 0 heterocycles. The Labute approximate surface area is 117 Å². The normalized spacial score (nSPS) is 13.0. The van der Waals surface area contributed by atoms with Crippen LogP contribution >= 0.6 is 27.7 Å². The van der Waals surface area contributed by atoms with Crippen LogP contribution in [0.15, 0.2) is 22.7 Å². The van der Waals surface area contributed by atoms with Gasteiger partial charge in [0.15, 0.2) is 0 Å². The SMILES string of the molecule is CCC(CSC)N(C)Cc1c(N)cccc1Br. The quantitative estimate of drug-likeness (QED) is 0.813. The van der Waals surface area contributed by atoms with Crippen LogP contribution in [0.4, 0.5) is 5.69 Å². The van der Waals surface area contributed by atoms with E-state index in [4.69, 9.17) is 5.73 Å². The highest BCUT2D eigenvalue weighted by Gasteiger charge is 2.14. The van der Waals surface area contributed by atoms with Gasteiger partial charge in [0.05, 0.1) is 0 Å². The summed E-state index contributed by atoms with van der Waals surface area (Å²) in [5.41, 5.74) is 8.08. The lowest BCUT2D eigenvalue weighted by atomic mass is 10.1. The molecular formula is C13H21BrN2S. The summed E-state index contributed by atoms with van der Waals surface area (Å²) < 4.78 is 1.10. The molecule has 4 heteroatoms. The van der Waals surface area contributed by atoms with Crippen LogP contribution in [0.2, 0.25) is 0 Å². The molecule has 1 atom stereocenters. The van der Waals surface area contributed by atoms with Gasteiger partial charge in [-0.3, -0.25) is 4.90 Å². The highest BCUT2D eigenvalue weighted by Crippen LogP contribution is 2.25. The molecule has 96 valence electrons. The number of nitrogen functional groups attached to an aromatic ring is 1. The first-order valence-electron chi connectivity index (χ1n) is 5.82. The Morgan fingerprint density at radius 1 is 1.47 bits per heavy atom. The number of benzene rings is 1. The summed E-state index contributed by atoms with van der Waals surface area (Å²) in [4.78, 5) is 2.38. The topological polar surface area (TPSA) is 29.3 Å². The van der Waals surface area contributed by atoms with E-state index in [0.717, 1.165) is 22.5 Å². The zero-order valence-electron chi connectivity index (χ0n) is 10.7. The summed E-state index contributed by atoms with van der Waals surface area (Å²) in [6, 6.07) is 6.59. The molecule has 0 saturated carbocycles. The molecule has 0 aliphatic heterocycles. The van der Waals surface area contributed by atoms with E-state index in [1.165, 1.54) is 12.0 Å². The molecule has 0 amide bonds. The molecule has 0 aliphatic rings. The molecule has 0 fully saturated rings. The summed E-state index contributed by atoms with van der Waals surface area (Å²) in [6.45, 7) is 3.13. The Balaban J connectivity index is 2.76. The van der Waals surface area contributed by atoms with Crippen molar-refractivity contribution >= 4 is 33.4 Å². The molecule has 0 bridgehead atoms. The first-order chi connectivity index (χ1) is 8.10. The maximum atomic E-state index is 6.02. The Morgan fingerprint density at radius 3 is 2.71 bits per heavy atom. The summed E-state index contributed by atoms with van der Waals surface area (Å²) in [5, 5.41) is 0. The van der Waals surface area contributed by atoms with Gasteiger partial charge in [-0.1, -0.05) is 28.9 Å². The van der Waals surface area contributed by atoms with Crippen molar-refractivity contribution in [1.82, 2.24) is 4.90 Å². The molecule has 2 nitrogen and oxygen atoms in total. The van der Waals surface area contributed by atoms with Gasteiger partial charge in [0.25, 0.3) is 0 Å². The van der Waals surface area contributed by atoms with Crippen LogP contribution in [0.5, 0.6) is 0 Å². The third-order valence-electron chi connectivity index (χ3n) is 3.02. The molecule has 1 unspecified atom stereocenters. The Morgan fingerprint density at radius 2 is 2.18 bits per heavy atom. The largest absolute Gasteiger partial charge is 0.398 e. The van der Waals surface area contributed by atoms with E-state index < -0.39 is 0 Å². The van der Waals surface area contributed by atoms with Crippen molar-refractivity contribution in [2.24, 2.45) is 0 Å². The highest BCUT2D eigenvalue weighted by atomic mass is 79.9. The average molecular weight is 317 g/mol. The van der Waals surface area contributed by atoms with Crippen LogP contribution in [0.3, 0.4) is 0 Å². The second-order valence-electron chi connectivity index (χ2n) is 4.24. The number of rotatable bonds is 6. The van der Waals surface area contributed by atoms with Crippen LogP contribution in [0.25, 0.3) is 0 Å². The minimum absolute atomic E-state index is 0.608. The minimum Gasteiger partial charge on any atom is -0.398 e. The molecule has 0 saturated heterocycles. The van der Waals surface area contributed by atoms with Gasteiger partial charge in [-0.15, -0.1) is 0 Å². The van der Waals surface area contributed by atoms with Gasteiger partial charge in [-0.05, 0) is 31.9 Å². The van der Waals surface area contributed by atoms with E-state index in [1.807, 2.05) is 23.9 Å². The highest BCUT2D eigenvalue weighted by molar-refractivity contribution is 9.10. The zero-order valence-corrected chi connectivity index (χ0v) is 13.1. The lowest BCUT2D eigenvalue weighted by Crippen LogP contribution is -2.33. The number of nitrogens with two attached hydrogens (primary N) is 1. The maximum absolute atomic E-state index is 6.02. The average Bonchev–Trinajstić information content (AvgIpc) is 2.30. The predicted octanol–water partition coefficient (Wildman–Crippen LogP) is 3.60. The number of nitrogens with zero attached hydrogens (tertiary/aromatic N) is 1. The van der Waals surface area contributed by atoms with E-state index in [-0.39, 0.29) is 0 Å². The molecule has 0 spiro atoms. The van der Waals surface area contributed by atoms with E-state index in [1.54, 1.807) is 0 Å². The summed E-state index contributed by atoms with van der Waals surface area (Å²) >= 11 is 5.47. The smallest absolute Gasteiger partial charge is 0.0371 e. The van der Waals surface area contributed by atoms with Gasteiger partial charge in [-0.25, -0.2) is 0 Å². The summed E-state index contributed by atoms with van der Waals surface area (Å²) in [5.74, 6) is 1.16. The van der Waals surface area contributed by atoms with Crippen molar-refractivity contribution in [2.75, 3.05) is 24.8 Å². The van der Waals surface area contributed by atoms with E-state index in [0.29, 0.717) is 6.04 Å². The minimum atomic E-state index is 0.608. The molecule has 2 N–H and O–H groups in total. The van der Waals surface area contributed by atoms with Crippen molar-refractivity contribution in [3.8, 4) is 0 Å². The van der Waals surface area contributed by atoms with Gasteiger partial charge in [0.2, 0.25) is 0 Å². The van der Waals surface area contributed by atoms with E-state index in [9.17, 15) is 0 Å². The predicted molar refractivity (Wildman–Crippen MR) is 82.5 cm³/mol. The van der Waals surface area contributed by atoms with E-state index in [2.05, 4.69) is 47.1 Å². The van der Waals surface area contributed by atoms with Gasteiger partial charge >= 0.3 is 0 Å². The first-order valence-corrected chi connectivity index (χ1v) is 8.00. The fourth-order valence-electron chi connectivity index (χ4n) is 1.87. The second kappa shape index (κ2) is 7.29. The Kier molecular flexibility index (Phi) is 6.38. The molecule has 0 aromatic heterocycles. The van der Waals surface area contributed by atoms with Crippen molar-refractivity contribution < 1.29 is 0 Å². The van der Waals surface area contributed by atoms with Crippen LogP contribution in [-0.2, 0) is 6.54 Å². The van der Waals surface area contributed by atoms with Crippen molar-refractivity contribution in [3.63, 3.8) is 0 Å². The van der Waals surface area contributed by atoms with Crippen molar-refractivity contribution in [2.45, 2.75) is 25.9 Å². The molecule has 1 aromatic rings. The zero-order chi connectivity index (χ0) is 12.8. The van der Waals surface area contributed by atoms with Crippen LogP contribution < -0.4 is 5.73 Å². The summed E-state index contributed by atoms with van der Waals surface area (Å²) in [7, 11) is 2.17. The Hall–Kier alpha value is -0.190. The van der Waals surface area contributed by atoms with Crippen molar-refractivity contribution in [3.05, 3.63) is 28.2 Å². The number of anilines is 1. The van der Waals surface area contributed by atoms with Gasteiger partial charge in [0, 0.05) is 34.1 Å². The Bertz CT molecular complexity index is 337. The number of hydrogen-bond donors (Lipinski definition) is 1. The number of thioether (sulfide) groups is 1. The van der Waals surface area contributed by atoms with Gasteiger partial charge < -0.3 is 5.73 Å². The maximum Gasteiger partial charge on any atom is 0.0371 e. The third kappa shape index (κ3) is 4.19. The summed E-state index contributed by atoms with van der Waals surface area (Å²) in [6.07, 6.45) is 3.32. The molecule has 1 rings (SSSR count). The first kappa shape index (κ1) is 14.9. The molecule has 0 radical (unpaired) electrons. The molecule has 17 heavy (non-hydrogen) atoms. The monoisotopic (exact) mass is 316 g/mol. The van der Waals surface area contributed by atoms with Crippen LogP contribution in [0.1, 0.15) is 18.9 Å². The van der Waals surface area contributed by atoms with Crippen molar-refractivity contribution in [1.29, 1.82) is 0 Å². The van der Waals surface area contributed by atoms with E-state index >= 15 is 0 Å². The van der Waals surface area contributed by atoms with Crippen LogP contribution in [-0.4, -0.2) is 30.0 Å². The number of hydrogen-bond acceptors (Lipinski definition) is 3. The number of halogens is 1. The standard InChI is InChI=1S/C13H21BrN2S/c1-4-10(9-17-3)16(2)8-11-12(14)6-5-7-13(11)15/h5-7,10H,4,8-9,15H2,1-3H3. The molecular weight excluding hydrogens is 296 g/mol. The third-order valence-corrected chi connectivity index (χ3v) is 4.48. The molecule has 0 aliphatic carbocycles. The van der Waals surface area contributed by atoms with Gasteiger partial charge in [-0.2, -0.15) is 11.8 Å². The molecule has 1 aromatic carbocycles. The fraction of sp³-hybridized carbons (Fsp3) is 0.538. The fourth-order valence-corrected chi connectivity index (χ4v) is 3.25.